The molecule has 0 bridgehead atoms. The average molecular weight is 373 g/mol. The number of aromatic nitrogens is 1. The first-order valence-electron chi connectivity index (χ1n) is 9.54. The molecule has 1 N–H and O–H groups in total. The summed E-state index contributed by atoms with van der Waals surface area (Å²) >= 11 is 6.56. The van der Waals surface area contributed by atoms with E-state index in [4.69, 9.17) is 16.3 Å². The highest BCUT2D eigenvalue weighted by molar-refractivity contribution is 6.31. The summed E-state index contributed by atoms with van der Waals surface area (Å²) < 4.78 is 5.94. The van der Waals surface area contributed by atoms with Crippen LogP contribution in [-0.2, 0) is 11.3 Å². The van der Waals surface area contributed by atoms with Gasteiger partial charge in [0.2, 0.25) is 0 Å². The van der Waals surface area contributed by atoms with E-state index in [9.17, 15) is 0 Å². The van der Waals surface area contributed by atoms with E-state index in [-0.39, 0.29) is 5.60 Å². The van der Waals surface area contributed by atoms with Gasteiger partial charge in [0, 0.05) is 24.4 Å². The molecule has 2 heterocycles. The zero-order valence-corrected chi connectivity index (χ0v) is 16.5. The third-order valence-corrected chi connectivity index (χ3v) is 5.62. The Morgan fingerprint density at radius 2 is 2.04 bits per heavy atom. The van der Waals surface area contributed by atoms with Gasteiger partial charge in [0.05, 0.1) is 11.3 Å². The fraction of sp³-hybridized carbons (Fsp3) is 0.500. The summed E-state index contributed by atoms with van der Waals surface area (Å²) in [6.45, 7) is 6.98. The fourth-order valence-electron chi connectivity index (χ4n) is 4.02. The van der Waals surface area contributed by atoms with Gasteiger partial charge in [-0.3, -0.25) is 4.98 Å². The molecular weight excluding hydrogens is 344 g/mol. The number of nitrogens with zero attached hydrogens (tertiary/aromatic N) is 1. The summed E-state index contributed by atoms with van der Waals surface area (Å²) in [5.41, 5.74) is 2.30. The standard InChI is InChI=1S/C22H29ClN2O/c1-22(2)15-17(11-14-26-22)19(20-8-3-4-9-21(20)23)10-13-24-16-18-7-5-6-12-25-18/h3-9,12,17,19,24H,10-11,13-16H2,1-2H3. The molecule has 2 atom stereocenters. The molecule has 2 unspecified atom stereocenters. The van der Waals surface area contributed by atoms with E-state index in [1.165, 1.54) is 5.56 Å². The van der Waals surface area contributed by atoms with Crippen molar-refractivity contribution in [3.8, 4) is 0 Å². The van der Waals surface area contributed by atoms with Crippen LogP contribution in [0.15, 0.2) is 48.7 Å². The number of rotatable bonds is 7. The van der Waals surface area contributed by atoms with Gasteiger partial charge in [0.25, 0.3) is 0 Å². The van der Waals surface area contributed by atoms with Gasteiger partial charge in [-0.25, -0.2) is 0 Å². The molecule has 1 aliphatic heterocycles. The van der Waals surface area contributed by atoms with Gasteiger partial charge in [-0.2, -0.15) is 0 Å². The minimum atomic E-state index is -0.0518. The van der Waals surface area contributed by atoms with Gasteiger partial charge in [0.15, 0.2) is 0 Å². The largest absolute Gasteiger partial charge is 0.376 e. The van der Waals surface area contributed by atoms with Crippen LogP contribution < -0.4 is 5.32 Å². The maximum Gasteiger partial charge on any atom is 0.0629 e. The molecule has 1 aromatic carbocycles. The molecule has 3 rings (SSSR count). The van der Waals surface area contributed by atoms with E-state index in [1.807, 2.05) is 30.5 Å². The summed E-state index contributed by atoms with van der Waals surface area (Å²) in [5, 5.41) is 4.43. The number of hydrogen-bond donors (Lipinski definition) is 1. The lowest BCUT2D eigenvalue weighted by Crippen LogP contribution is -2.37. The monoisotopic (exact) mass is 372 g/mol. The Morgan fingerprint density at radius 1 is 1.23 bits per heavy atom. The lowest BCUT2D eigenvalue weighted by molar-refractivity contribution is -0.0771. The summed E-state index contributed by atoms with van der Waals surface area (Å²) in [4.78, 5) is 4.38. The molecule has 3 nitrogen and oxygen atoms in total. The predicted octanol–water partition coefficient (Wildman–Crippen LogP) is 5.20. The molecule has 0 spiro atoms. The highest BCUT2D eigenvalue weighted by Crippen LogP contribution is 2.41. The first-order valence-corrected chi connectivity index (χ1v) is 9.92. The number of benzene rings is 1. The lowest BCUT2D eigenvalue weighted by atomic mass is 9.75. The quantitative estimate of drug-likeness (QED) is 0.678. The minimum Gasteiger partial charge on any atom is -0.376 e. The van der Waals surface area contributed by atoms with Gasteiger partial charge in [-0.1, -0.05) is 35.9 Å². The van der Waals surface area contributed by atoms with Crippen LogP contribution in [-0.4, -0.2) is 23.7 Å². The first-order chi connectivity index (χ1) is 12.6. The zero-order chi connectivity index (χ0) is 18.4. The van der Waals surface area contributed by atoms with Crippen molar-refractivity contribution >= 4 is 11.6 Å². The van der Waals surface area contributed by atoms with Crippen LogP contribution >= 0.6 is 11.6 Å². The molecule has 0 aliphatic carbocycles. The number of pyridine rings is 1. The SMILES string of the molecule is CC1(C)CC(C(CCNCc2ccccn2)c2ccccc2Cl)CCO1. The topological polar surface area (TPSA) is 34.2 Å². The van der Waals surface area contributed by atoms with Gasteiger partial charge in [-0.05, 0) is 75.3 Å². The normalized spacial score (nSPS) is 20.7. The van der Waals surface area contributed by atoms with Crippen LogP contribution in [0.5, 0.6) is 0 Å². The first kappa shape index (κ1) is 19.3. The van der Waals surface area contributed by atoms with Crippen LogP contribution in [0.4, 0.5) is 0 Å². The maximum absolute atomic E-state index is 6.56. The summed E-state index contributed by atoms with van der Waals surface area (Å²) in [6, 6.07) is 14.3. The zero-order valence-electron chi connectivity index (χ0n) is 15.7. The van der Waals surface area contributed by atoms with Crippen LogP contribution in [0.2, 0.25) is 5.02 Å². The van der Waals surface area contributed by atoms with Crippen molar-refractivity contribution in [2.45, 2.75) is 51.2 Å². The summed E-state index contributed by atoms with van der Waals surface area (Å²) in [5.74, 6) is 1.04. The summed E-state index contributed by atoms with van der Waals surface area (Å²) in [6.07, 6.45) is 5.08. The Bertz CT molecular complexity index is 690. The molecule has 140 valence electrons. The molecule has 0 saturated carbocycles. The highest BCUT2D eigenvalue weighted by Gasteiger charge is 2.34. The van der Waals surface area contributed by atoms with E-state index in [0.29, 0.717) is 11.8 Å². The Labute approximate surface area is 162 Å². The van der Waals surface area contributed by atoms with Gasteiger partial charge >= 0.3 is 0 Å². The Balaban J connectivity index is 1.66. The van der Waals surface area contributed by atoms with Crippen LogP contribution in [0, 0.1) is 5.92 Å². The average Bonchev–Trinajstić information content (AvgIpc) is 2.63. The summed E-state index contributed by atoms with van der Waals surface area (Å²) in [7, 11) is 0. The fourth-order valence-corrected chi connectivity index (χ4v) is 4.30. The van der Waals surface area contributed by atoms with Crippen LogP contribution in [0.1, 0.15) is 50.3 Å². The molecule has 1 aliphatic rings. The second-order valence-corrected chi connectivity index (χ2v) is 8.18. The van der Waals surface area contributed by atoms with Gasteiger partial charge in [0.1, 0.15) is 0 Å². The Hall–Kier alpha value is -1.42. The van der Waals surface area contributed by atoms with Crippen molar-refractivity contribution in [2.75, 3.05) is 13.2 Å². The molecule has 1 saturated heterocycles. The Kier molecular flexibility index (Phi) is 6.68. The Morgan fingerprint density at radius 3 is 2.77 bits per heavy atom. The number of ether oxygens (including phenoxy) is 1. The van der Waals surface area contributed by atoms with Crippen molar-refractivity contribution in [3.63, 3.8) is 0 Å². The second-order valence-electron chi connectivity index (χ2n) is 7.78. The smallest absolute Gasteiger partial charge is 0.0629 e. The molecule has 4 heteroatoms. The van der Waals surface area contributed by atoms with Gasteiger partial charge < -0.3 is 10.1 Å². The van der Waals surface area contributed by atoms with E-state index >= 15 is 0 Å². The third-order valence-electron chi connectivity index (χ3n) is 5.27. The number of hydrogen-bond acceptors (Lipinski definition) is 3. The molecule has 26 heavy (non-hydrogen) atoms. The minimum absolute atomic E-state index is 0.0518. The predicted molar refractivity (Wildman–Crippen MR) is 108 cm³/mol. The van der Waals surface area contributed by atoms with Gasteiger partial charge in [-0.15, -0.1) is 0 Å². The van der Waals surface area contributed by atoms with Crippen LogP contribution in [0.3, 0.4) is 0 Å². The van der Waals surface area contributed by atoms with E-state index in [1.54, 1.807) is 0 Å². The maximum atomic E-state index is 6.56. The molecule has 2 aromatic rings. The lowest BCUT2D eigenvalue weighted by Gasteiger charge is -2.39. The third kappa shape index (κ3) is 5.29. The van der Waals surface area contributed by atoms with Crippen molar-refractivity contribution in [1.29, 1.82) is 0 Å². The molecule has 1 aromatic heterocycles. The van der Waals surface area contributed by atoms with Crippen molar-refractivity contribution < 1.29 is 4.74 Å². The van der Waals surface area contributed by atoms with Crippen LogP contribution in [0.25, 0.3) is 0 Å². The van der Waals surface area contributed by atoms with E-state index in [0.717, 1.165) is 49.7 Å². The number of halogens is 1. The van der Waals surface area contributed by atoms with E-state index < -0.39 is 0 Å². The van der Waals surface area contributed by atoms with E-state index in [2.05, 4.69) is 42.3 Å². The van der Waals surface area contributed by atoms with Crippen molar-refractivity contribution in [2.24, 2.45) is 5.92 Å². The van der Waals surface area contributed by atoms with Crippen molar-refractivity contribution in [1.82, 2.24) is 10.3 Å². The molecule has 0 amide bonds. The second kappa shape index (κ2) is 8.98. The molecule has 1 fully saturated rings. The van der Waals surface area contributed by atoms with Crippen molar-refractivity contribution in [3.05, 3.63) is 64.9 Å². The molecule has 0 radical (unpaired) electrons. The number of nitrogens with one attached hydrogen (secondary N) is 1. The highest BCUT2D eigenvalue weighted by atomic mass is 35.5. The molecular formula is C22H29ClN2O.